The van der Waals surface area contributed by atoms with Crippen LogP contribution in [0.5, 0.6) is 0 Å². The summed E-state index contributed by atoms with van der Waals surface area (Å²) in [5.41, 5.74) is 13.2. The summed E-state index contributed by atoms with van der Waals surface area (Å²) >= 11 is 8.88. The van der Waals surface area contributed by atoms with E-state index in [2.05, 4.69) is 15.8 Å². The number of hydrogen-bond acceptors (Lipinski definition) is 6. The van der Waals surface area contributed by atoms with Gasteiger partial charge in [0.1, 0.15) is 0 Å². The molecule has 9 heteroatoms. The first-order valence-corrected chi connectivity index (χ1v) is 11.4. The van der Waals surface area contributed by atoms with Crippen molar-refractivity contribution in [2.45, 2.75) is 10.6 Å². The maximum atomic E-state index is 12.4. The summed E-state index contributed by atoms with van der Waals surface area (Å²) in [5.74, 6) is -0.0447. The third-order valence-corrected chi connectivity index (χ3v) is 6.57. The molecular formula is C22H17ClN4O2S2. The lowest BCUT2D eigenvalue weighted by atomic mass is 10.1. The Morgan fingerprint density at radius 2 is 1.58 bits per heavy atom. The summed E-state index contributed by atoms with van der Waals surface area (Å²) in [4.78, 5) is 30.0. The molecule has 0 saturated carbocycles. The van der Waals surface area contributed by atoms with Gasteiger partial charge in [-0.3, -0.25) is 20.4 Å². The number of amides is 2. The van der Waals surface area contributed by atoms with Gasteiger partial charge in [-0.1, -0.05) is 35.1 Å². The Bertz CT molecular complexity index is 1240. The fourth-order valence-electron chi connectivity index (χ4n) is 2.79. The number of benzene rings is 3. The van der Waals surface area contributed by atoms with Crippen LogP contribution in [-0.2, 0) is 5.75 Å². The smallest absolute Gasteiger partial charge is 0.269 e. The van der Waals surface area contributed by atoms with E-state index in [0.29, 0.717) is 21.3 Å². The molecular weight excluding hydrogens is 452 g/mol. The Labute approximate surface area is 191 Å². The minimum absolute atomic E-state index is 0.395. The second-order valence-electron chi connectivity index (χ2n) is 6.58. The standard InChI is InChI=1S/C22H17ClN4O2S2/c23-16-6-8-17(9-7-16)30-12-13-1-3-14(4-2-13)20(28)26-27-21(29)15-5-10-18-19(11-15)31-22(24)25-18/h1-11H,12H2,(H2,24,25)(H,26,28)(H,27,29). The van der Waals surface area contributed by atoms with E-state index in [0.717, 1.165) is 26.4 Å². The second-order valence-corrected chi connectivity index (χ2v) is 9.13. The van der Waals surface area contributed by atoms with Crippen molar-refractivity contribution < 1.29 is 9.59 Å². The van der Waals surface area contributed by atoms with Gasteiger partial charge >= 0.3 is 0 Å². The van der Waals surface area contributed by atoms with Crippen LogP contribution in [0, 0.1) is 0 Å². The van der Waals surface area contributed by atoms with E-state index in [9.17, 15) is 9.59 Å². The number of nitrogens with one attached hydrogen (secondary N) is 2. The maximum absolute atomic E-state index is 12.4. The van der Waals surface area contributed by atoms with Crippen molar-refractivity contribution in [3.8, 4) is 0 Å². The Hall–Kier alpha value is -3.07. The molecule has 0 aliphatic rings. The van der Waals surface area contributed by atoms with Gasteiger partial charge in [-0.25, -0.2) is 4.98 Å². The second kappa shape index (κ2) is 9.38. The van der Waals surface area contributed by atoms with Gasteiger partial charge in [0.25, 0.3) is 11.8 Å². The van der Waals surface area contributed by atoms with Crippen LogP contribution in [-0.4, -0.2) is 16.8 Å². The number of rotatable bonds is 5. The Balaban J connectivity index is 1.31. The summed E-state index contributed by atoms with van der Waals surface area (Å²) < 4.78 is 0.809. The molecule has 0 unspecified atom stereocenters. The molecule has 4 rings (SSSR count). The average Bonchev–Trinajstić information content (AvgIpc) is 3.16. The van der Waals surface area contributed by atoms with Gasteiger partial charge in [0.15, 0.2) is 5.13 Å². The molecule has 3 aromatic carbocycles. The molecule has 0 spiro atoms. The molecule has 1 aromatic heterocycles. The van der Waals surface area contributed by atoms with E-state index in [-0.39, 0.29) is 0 Å². The molecule has 0 bridgehead atoms. The minimum atomic E-state index is -0.418. The van der Waals surface area contributed by atoms with Crippen molar-refractivity contribution in [2.24, 2.45) is 0 Å². The number of hydrogen-bond donors (Lipinski definition) is 3. The molecule has 156 valence electrons. The summed E-state index contributed by atoms with van der Waals surface area (Å²) in [6.45, 7) is 0. The first-order chi connectivity index (χ1) is 15.0. The Morgan fingerprint density at radius 1 is 0.935 bits per heavy atom. The number of carbonyl (C=O) groups excluding carboxylic acids is 2. The highest BCUT2D eigenvalue weighted by molar-refractivity contribution is 7.98. The zero-order valence-corrected chi connectivity index (χ0v) is 18.5. The molecule has 4 N–H and O–H groups in total. The van der Waals surface area contributed by atoms with Gasteiger partial charge in [-0.15, -0.1) is 11.8 Å². The van der Waals surface area contributed by atoms with Crippen LogP contribution in [0.15, 0.2) is 71.6 Å². The SMILES string of the molecule is Nc1nc2ccc(C(=O)NNC(=O)c3ccc(CSc4ccc(Cl)cc4)cc3)cc2s1. The predicted octanol–water partition coefficient (Wildman–Crippen LogP) is 4.90. The van der Waals surface area contributed by atoms with Crippen molar-refractivity contribution in [1.82, 2.24) is 15.8 Å². The molecule has 31 heavy (non-hydrogen) atoms. The molecule has 1 heterocycles. The first kappa shape index (κ1) is 21.2. The number of hydrazine groups is 1. The van der Waals surface area contributed by atoms with Crippen LogP contribution >= 0.6 is 34.7 Å². The Morgan fingerprint density at radius 3 is 2.29 bits per heavy atom. The van der Waals surface area contributed by atoms with Crippen LogP contribution in [0.25, 0.3) is 10.2 Å². The predicted molar refractivity (Wildman–Crippen MR) is 126 cm³/mol. The van der Waals surface area contributed by atoms with E-state index in [1.807, 2.05) is 36.4 Å². The molecule has 0 fully saturated rings. The summed E-state index contributed by atoms with van der Waals surface area (Å²) in [6, 6.07) is 19.9. The van der Waals surface area contributed by atoms with E-state index in [4.69, 9.17) is 17.3 Å². The lowest BCUT2D eigenvalue weighted by Gasteiger charge is -2.08. The molecule has 0 saturated heterocycles. The van der Waals surface area contributed by atoms with Crippen LogP contribution < -0.4 is 16.6 Å². The van der Waals surface area contributed by atoms with E-state index in [1.54, 1.807) is 42.1 Å². The monoisotopic (exact) mass is 468 g/mol. The third-order valence-electron chi connectivity index (χ3n) is 4.39. The molecule has 6 nitrogen and oxygen atoms in total. The molecule has 0 radical (unpaired) electrons. The maximum Gasteiger partial charge on any atom is 0.269 e. The van der Waals surface area contributed by atoms with E-state index < -0.39 is 11.8 Å². The number of thioether (sulfide) groups is 1. The highest BCUT2D eigenvalue weighted by atomic mass is 35.5. The highest BCUT2D eigenvalue weighted by Gasteiger charge is 2.11. The van der Waals surface area contributed by atoms with E-state index in [1.165, 1.54) is 11.3 Å². The largest absolute Gasteiger partial charge is 0.375 e. The highest BCUT2D eigenvalue weighted by Crippen LogP contribution is 2.25. The van der Waals surface area contributed by atoms with Gasteiger partial charge < -0.3 is 5.73 Å². The summed E-state index contributed by atoms with van der Waals surface area (Å²) in [6.07, 6.45) is 0. The summed E-state index contributed by atoms with van der Waals surface area (Å²) in [5, 5.41) is 1.15. The number of thiazole rings is 1. The molecule has 2 amide bonds. The molecule has 0 atom stereocenters. The van der Waals surface area contributed by atoms with Gasteiger partial charge in [0, 0.05) is 26.8 Å². The van der Waals surface area contributed by atoms with Crippen molar-refractivity contribution in [3.05, 3.63) is 88.4 Å². The molecule has 4 aromatic rings. The number of nitrogen functional groups attached to an aromatic ring is 1. The van der Waals surface area contributed by atoms with Gasteiger partial charge in [0.2, 0.25) is 0 Å². The van der Waals surface area contributed by atoms with Gasteiger partial charge in [-0.2, -0.15) is 0 Å². The van der Waals surface area contributed by atoms with Crippen molar-refractivity contribution in [2.75, 3.05) is 5.73 Å². The number of halogens is 1. The van der Waals surface area contributed by atoms with Crippen LogP contribution in [0.3, 0.4) is 0 Å². The van der Waals surface area contributed by atoms with Gasteiger partial charge in [-0.05, 0) is 60.2 Å². The minimum Gasteiger partial charge on any atom is -0.375 e. The number of aromatic nitrogens is 1. The van der Waals surface area contributed by atoms with E-state index >= 15 is 0 Å². The van der Waals surface area contributed by atoms with Crippen molar-refractivity contribution >= 4 is 61.9 Å². The molecule has 0 aliphatic carbocycles. The number of nitrogens with zero attached hydrogens (tertiary/aromatic N) is 1. The Kier molecular flexibility index (Phi) is 6.41. The van der Waals surface area contributed by atoms with Crippen LogP contribution in [0.1, 0.15) is 26.3 Å². The van der Waals surface area contributed by atoms with Gasteiger partial charge in [0.05, 0.1) is 10.2 Å². The topological polar surface area (TPSA) is 97.1 Å². The zero-order valence-electron chi connectivity index (χ0n) is 16.1. The average molecular weight is 469 g/mol. The first-order valence-electron chi connectivity index (χ1n) is 9.22. The number of nitrogens with two attached hydrogens (primary N) is 1. The number of anilines is 1. The van der Waals surface area contributed by atoms with Crippen molar-refractivity contribution in [1.29, 1.82) is 0 Å². The fraction of sp³-hybridized carbons (Fsp3) is 0.0455. The molecule has 0 aliphatic heterocycles. The van der Waals surface area contributed by atoms with Crippen LogP contribution in [0.4, 0.5) is 5.13 Å². The quantitative estimate of drug-likeness (QED) is 0.286. The number of carbonyl (C=O) groups is 2. The lowest BCUT2D eigenvalue weighted by molar-refractivity contribution is 0.0847. The van der Waals surface area contributed by atoms with Crippen LogP contribution in [0.2, 0.25) is 5.02 Å². The fourth-order valence-corrected chi connectivity index (χ4v) is 4.55. The zero-order chi connectivity index (χ0) is 21.8. The lowest BCUT2D eigenvalue weighted by Crippen LogP contribution is -2.41. The third kappa shape index (κ3) is 5.35. The summed E-state index contributed by atoms with van der Waals surface area (Å²) in [7, 11) is 0. The number of fused-ring (bicyclic) bond motifs is 1. The normalized spacial score (nSPS) is 10.7. The van der Waals surface area contributed by atoms with Crippen molar-refractivity contribution in [3.63, 3.8) is 0 Å².